The third-order valence-electron chi connectivity index (χ3n) is 3.99. The number of fused-ring (bicyclic) bond motifs is 1. The van der Waals surface area contributed by atoms with Crippen LogP contribution in [0.1, 0.15) is 6.42 Å². The fourth-order valence-electron chi connectivity index (χ4n) is 2.56. The Morgan fingerprint density at radius 1 is 1.32 bits per heavy atom. The molecule has 0 spiro atoms. The molecule has 25 heavy (non-hydrogen) atoms. The molecule has 0 saturated heterocycles. The molecule has 0 radical (unpaired) electrons. The molecule has 2 aromatic heterocycles. The lowest BCUT2D eigenvalue weighted by Crippen LogP contribution is -2.15. The smallest absolute Gasteiger partial charge is 0.308 e. The van der Waals surface area contributed by atoms with Crippen LogP contribution in [0.25, 0.3) is 10.2 Å². The third-order valence-corrected chi connectivity index (χ3v) is 4.93. The minimum absolute atomic E-state index is 0.0415. The van der Waals surface area contributed by atoms with Crippen LogP contribution in [0, 0.1) is 17.6 Å². The molecule has 3 aromatic rings. The molecular formula is C16H10F4N2O2S. The first kappa shape index (κ1) is 16.1. The summed E-state index contributed by atoms with van der Waals surface area (Å²) >= 11 is 0.888. The number of alkyl halides is 2. The Bertz CT molecular complexity index is 1030. The van der Waals surface area contributed by atoms with Gasteiger partial charge in [-0.15, -0.1) is 0 Å². The van der Waals surface area contributed by atoms with Crippen molar-refractivity contribution in [3.05, 3.63) is 51.8 Å². The number of hydrogen-bond donors (Lipinski definition) is 0. The molecule has 9 heteroatoms. The number of rotatable bonds is 4. The van der Waals surface area contributed by atoms with E-state index in [-0.39, 0.29) is 23.6 Å². The Kier molecular flexibility index (Phi) is 3.57. The highest BCUT2D eigenvalue weighted by atomic mass is 32.1. The predicted octanol–water partition coefficient (Wildman–Crippen LogP) is 4.18. The second-order valence-corrected chi connectivity index (χ2v) is 6.81. The van der Waals surface area contributed by atoms with Crippen LogP contribution in [-0.4, -0.2) is 15.5 Å². The van der Waals surface area contributed by atoms with Gasteiger partial charge in [0.15, 0.2) is 5.82 Å². The molecule has 1 aromatic carbocycles. The number of thiazole rings is 1. The fraction of sp³-hybridized carbons (Fsp3) is 0.250. The maximum absolute atomic E-state index is 13.6. The van der Waals surface area contributed by atoms with Crippen LogP contribution in [0.4, 0.5) is 17.6 Å². The van der Waals surface area contributed by atoms with Crippen LogP contribution >= 0.6 is 11.3 Å². The average molecular weight is 370 g/mol. The van der Waals surface area contributed by atoms with Gasteiger partial charge in [-0.05, 0) is 12.1 Å². The van der Waals surface area contributed by atoms with Gasteiger partial charge in [0.25, 0.3) is 11.8 Å². The van der Waals surface area contributed by atoms with Gasteiger partial charge in [0.2, 0.25) is 0 Å². The number of nitrogens with zero attached hydrogens (tertiary/aromatic N) is 2. The van der Waals surface area contributed by atoms with E-state index in [1.165, 1.54) is 16.7 Å². The quantitative estimate of drug-likeness (QED) is 0.647. The van der Waals surface area contributed by atoms with Crippen molar-refractivity contribution in [3.63, 3.8) is 0 Å². The summed E-state index contributed by atoms with van der Waals surface area (Å²) in [7, 11) is 0. The Hall–Kier alpha value is -2.42. The van der Waals surface area contributed by atoms with Crippen LogP contribution in [0.2, 0.25) is 0 Å². The van der Waals surface area contributed by atoms with E-state index >= 15 is 0 Å². The van der Waals surface area contributed by atoms with E-state index in [1.54, 1.807) is 6.07 Å². The summed E-state index contributed by atoms with van der Waals surface area (Å²) in [5.74, 6) is -5.51. The second-order valence-electron chi connectivity index (χ2n) is 5.81. The van der Waals surface area contributed by atoms with Gasteiger partial charge in [0.05, 0.1) is 16.4 Å². The summed E-state index contributed by atoms with van der Waals surface area (Å²) in [6.07, 6.45) is 0.606. The van der Waals surface area contributed by atoms with Crippen molar-refractivity contribution in [1.29, 1.82) is 0 Å². The van der Waals surface area contributed by atoms with Crippen molar-refractivity contribution in [2.24, 2.45) is 5.92 Å². The molecule has 1 saturated carbocycles. The summed E-state index contributed by atoms with van der Waals surface area (Å²) in [6, 6.07) is 5.16. The summed E-state index contributed by atoms with van der Waals surface area (Å²) in [5.41, 5.74) is 0.512. The van der Waals surface area contributed by atoms with E-state index in [4.69, 9.17) is 4.74 Å². The molecule has 2 heterocycles. The molecule has 130 valence electrons. The lowest BCUT2D eigenvalue weighted by molar-refractivity contribution is 0.0953. The topological polar surface area (TPSA) is 44.1 Å². The van der Waals surface area contributed by atoms with Crippen molar-refractivity contribution >= 4 is 21.6 Å². The van der Waals surface area contributed by atoms with Crippen LogP contribution in [0.5, 0.6) is 11.6 Å². The fourth-order valence-corrected chi connectivity index (χ4v) is 3.49. The standard InChI is InChI=1S/C16H10F4N2O2S/c17-9-3-11(18)14(21-6-9)24-10-1-2-12-13(4-10)25-15(23)22(12)7-8-5-16(8,19)20/h1-4,6,8H,5,7H2. The number of hydrogen-bond acceptors (Lipinski definition) is 4. The van der Waals surface area contributed by atoms with E-state index in [2.05, 4.69) is 4.98 Å². The van der Waals surface area contributed by atoms with Gasteiger partial charge in [0.1, 0.15) is 11.6 Å². The number of halogens is 4. The van der Waals surface area contributed by atoms with Gasteiger partial charge in [-0.1, -0.05) is 11.3 Å². The minimum Gasteiger partial charge on any atom is -0.436 e. The summed E-state index contributed by atoms with van der Waals surface area (Å²) in [4.78, 5) is 15.2. The van der Waals surface area contributed by atoms with Crippen LogP contribution in [-0.2, 0) is 6.54 Å². The van der Waals surface area contributed by atoms with Gasteiger partial charge in [-0.3, -0.25) is 9.36 Å². The second kappa shape index (κ2) is 5.55. The molecule has 0 bridgehead atoms. The Morgan fingerprint density at radius 2 is 2.08 bits per heavy atom. The third kappa shape index (κ3) is 2.99. The summed E-state index contributed by atoms with van der Waals surface area (Å²) in [6.45, 7) is -0.0415. The molecule has 1 aliphatic rings. The largest absolute Gasteiger partial charge is 0.436 e. The van der Waals surface area contributed by atoms with E-state index in [0.29, 0.717) is 16.3 Å². The lowest BCUT2D eigenvalue weighted by Gasteiger charge is -2.06. The maximum atomic E-state index is 13.6. The van der Waals surface area contributed by atoms with E-state index in [9.17, 15) is 22.4 Å². The molecule has 1 unspecified atom stereocenters. The summed E-state index contributed by atoms with van der Waals surface area (Å²) in [5, 5.41) is 0. The van der Waals surface area contributed by atoms with Crippen molar-refractivity contribution in [2.45, 2.75) is 18.9 Å². The zero-order chi connectivity index (χ0) is 17.8. The zero-order valence-corrected chi connectivity index (χ0v) is 13.3. The number of pyridine rings is 1. The van der Waals surface area contributed by atoms with Crippen molar-refractivity contribution in [1.82, 2.24) is 9.55 Å². The molecule has 1 aliphatic carbocycles. The highest BCUT2D eigenvalue weighted by Crippen LogP contribution is 2.49. The summed E-state index contributed by atoms with van der Waals surface area (Å²) < 4.78 is 59.7. The van der Waals surface area contributed by atoms with Crippen molar-refractivity contribution < 1.29 is 22.3 Å². The van der Waals surface area contributed by atoms with Crippen LogP contribution in [0.15, 0.2) is 35.3 Å². The SMILES string of the molecule is O=c1sc2cc(Oc3ncc(F)cc3F)ccc2n1CC1CC1(F)F. The molecule has 0 amide bonds. The molecule has 4 nitrogen and oxygen atoms in total. The molecule has 0 N–H and O–H groups in total. The zero-order valence-electron chi connectivity index (χ0n) is 12.5. The first-order chi connectivity index (χ1) is 11.8. The monoisotopic (exact) mass is 370 g/mol. The highest BCUT2D eigenvalue weighted by molar-refractivity contribution is 7.16. The van der Waals surface area contributed by atoms with Gasteiger partial charge in [-0.25, -0.2) is 22.5 Å². The van der Waals surface area contributed by atoms with Crippen LogP contribution < -0.4 is 9.61 Å². The van der Waals surface area contributed by atoms with Crippen LogP contribution in [0.3, 0.4) is 0 Å². The Labute approximate surface area is 142 Å². The van der Waals surface area contributed by atoms with Gasteiger partial charge in [-0.2, -0.15) is 0 Å². The number of aromatic nitrogens is 2. The van der Waals surface area contributed by atoms with Crippen molar-refractivity contribution in [3.8, 4) is 11.6 Å². The first-order valence-electron chi connectivity index (χ1n) is 7.33. The van der Waals surface area contributed by atoms with E-state index in [1.807, 2.05) is 0 Å². The molecular weight excluding hydrogens is 360 g/mol. The molecule has 4 rings (SSSR count). The number of benzene rings is 1. The van der Waals surface area contributed by atoms with E-state index < -0.39 is 29.4 Å². The van der Waals surface area contributed by atoms with Gasteiger partial charge < -0.3 is 4.74 Å². The minimum atomic E-state index is -2.71. The highest BCUT2D eigenvalue weighted by Gasteiger charge is 2.56. The average Bonchev–Trinajstić information content (AvgIpc) is 3.02. The molecule has 1 atom stereocenters. The Morgan fingerprint density at radius 3 is 2.76 bits per heavy atom. The normalized spacial score (nSPS) is 18.5. The Balaban J connectivity index is 1.64. The van der Waals surface area contributed by atoms with Crippen molar-refractivity contribution in [2.75, 3.05) is 0 Å². The lowest BCUT2D eigenvalue weighted by atomic mass is 10.3. The predicted molar refractivity (Wildman–Crippen MR) is 83.4 cm³/mol. The van der Waals surface area contributed by atoms with E-state index in [0.717, 1.165) is 17.5 Å². The van der Waals surface area contributed by atoms with Gasteiger partial charge >= 0.3 is 4.87 Å². The first-order valence-corrected chi connectivity index (χ1v) is 8.15. The van der Waals surface area contributed by atoms with Gasteiger partial charge in [0, 0.05) is 31.0 Å². The molecule has 1 fully saturated rings. The molecule has 0 aliphatic heterocycles. The maximum Gasteiger partial charge on any atom is 0.308 e. The number of ether oxygens (including phenoxy) is 1.